The van der Waals surface area contributed by atoms with Gasteiger partial charge in [0.05, 0.1) is 7.11 Å². The van der Waals surface area contributed by atoms with Gasteiger partial charge in [-0.3, -0.25) is 14.0 Å². The van der Waals surface area contributed by atoms with Gasteiger partial charge < -0.3 is 9.64 Å². The zero-order chi connectivity index (χ0) is 19.0. The number of nitrogens with zero attached hydrogens (tertiary/aromatic N) is 3. The van der Waals surface area contributed by atoms with E-state index in [-0.39, 0.29) is 17.6 Å². The summed E-state index contributed by atoms with van der Waals surface area (Å²) in [4.78, 5) is 32.8. The van der Waals surface area contributed by atoms with Crippen LogP contribution >= 0.6 is 11.3 Å². The van der Waals surface area contributed by atoms with Gasteiger partial charge in [0, 0.05) is 42.3 Å². The van der Waals surface area contributed by atoms with Crippen LogP contribution in [-0.2, 0) is 0 Å². The number of likely N-dealkylation sites (tertiary alicyclic amines) is 1. The van der Waals surface area contributed by atoms with Crippen molar-refractivity contribution in [1.82, 2.24) is 14.3 Å². The number of carbonyl (C=O) groups is 2. The molecule has 1 aliphatic rings. The van der Waals surface area contributed by atoms with Gasteiger partial charge in [0.15, 0.2) is 10.7 Å². The highest BCUT2D eigenvalue weighted by Gasteiger charge is 2.31. The largest absolute Gasteiger partial charge is 0.497 e. The van der Waals surface area contributed by atoms with Crippen LogP contribution in [0.3, 0.4) is 0 Å². The molecule has 0 radical (unpaired) electrons. The van der Waals surface area contributed by atoms with Crippen molar-refractivity contribution in [2.24, 2.45) is 5.92 Å². The van der Waals surface area contributed by atoms with Gasteiger partial charge in [0.25, 0.3) is 5.91 Å². The third kappa shape index (κ3) is 3.35. The van der Waals surface area contributed by atoms with Crippen LogP contribution in [0.5, 0.6) is 5.75 Å². The van der Waals surface area contributed by atoms with E-state index in [1.54, 1.807) is 18.2 Å². The normalized spacial score (nSPS) is 17.3. The molecule has 0 aliphatic carbocycles. The highest BCUT2D eigenvalue weighted by Crippen LogP contribution is 2.26. The Bertz CT molecular complexity index is 978. The number of thiazole rings is 1. The topological polar surface area (TPSA) is 63.9 Å². The van der Waals surface area contributed by atoms with Crippen LogP contribution in [0.1, 0.15) is 39.3 Å². The number of fused-ring (bicyclic) bond motifs is 1. The Kier molecular flexibility index (Phi) is 4.70. The van der Waals surface area contributed by atoms with E-state index in [9.17, 15) is 9.59 Å². The molecule has 1 aromatic carbocycles. The van der Waals surface area contributed by atoms with E-state index in [0.29, 0.717) is 24.3 Å². The Morgan fingerprint density at radius 2 is 2.19 bits per heavy atom. The second kappa shape index (κ2) is 7.15. The van der Waals surface area contributed by atoms with E-state index in [0.717, 1.165) is 29.1 Å². The fourth-order valence-corrected chi connectivity index (χ4v) is 4.33. The molecule has 2 aromatic heterocycles. The molecule has 7 heteroatoms. The molecule has 4 rings (SSSR count). The Labute approximate surface area is 161 Å². The second-order valence-electron chi connectivity index (χ2n) is 6.85. The molecule has 3 aromatic rings. The molecule has 27 heavy (non-hydrogen) atoms. The van der Waals surface area contributed by atoms with Crippen LogP contribution in [0, 0.1) is 12.8 Å². The molecule has 0 bridgehead atoms. The molecule has 0 N–H and O–H groups in total. The van der Waals surface area contributed by atoms with E-state index in [1.807, 2.05) is 41.1 Å². The maximum Gasteiger partial charge on any atom is 0.274 e. The molecule has 1 aliphatic heterocycles. The minimum atomic E-state index is -0.182. The maximum atomic E-state index is 13.0. The molecular weight excluding hydrogens is 362 g/mol. The molecular formula is C20H21N3O3S. The fourth-order valence-electron chi connectivity index (χ4n) is 3.63. The van der Waals surface area contributed by atoms with Gasteiger partial charge >= 0.3 is 0 Å². The highest BCUT2D eigenvalue weighted by molar-refractivity contribution is 7.15. The first-order valence-corrected chi connectivity index (χ1v) is 9.85. The molecule has 1 amide bonds. The van der Waals surface area contributed by atoms with E-state index < -0.39 is 0 Å². The van der Waals surface area contributed by atoms with Crippen molar-refractivity contribution in [3.05, 3.63) is 52.8 Å². The number of methoxy groups -OCH3 is 1. The van der Waals surface area contributed by atoms with Gasteiger partial charge in [-0.05, 0) is 43.5 Å². The Morgan fingerprint density at radius 1 is 1.33 bits per heavy atom. The van der Waals surface area contributed by atoms with Crippen molar-refractivity contribution in [1.29, 1.82) is 0 Å². The molecule has 1 saturated heterocycles. The number of aromatic nitrogens is 2. The first kappa shape index (κ1) is 17.7. The minimum Gasteiger partial charge on any atom is -0.497 e. The Balaban J connectivity index is 1.51. The summed E-state index contributed by atoms with van der Waals surface area (Å²) in [6.07, 6.45) is 5.26. The second-order valence-corrected chi connectivity index (χ2v) is 7.73. The number of aryl methyl sites for hydroxylation is 1. The van der Waals surface area contributed by atoms with Gasteiger partial charge in [0.1, 0.15) is 11.4 Å². The van der Waals surface area contributed by atoms with Gasteiger partial charge in [-0.1, -0.05) is 0 Å². The average molecular weight is 383 g/mol. The monoisotopic (exact) mass is 383 g/mol. The van der Waals surface area contributed by atoms with Crippen molar-refractivity contribution < 1.29 is 14.3 Å². The van der Waals surface area contributed by atoms with E-state index in [2.05, 4.69) is 4.98 Å². The predicted molar refractivity (Wildman–Crippen MR) is 104 cm³/mol. The lowest BCUT2D eigenvalue weighted by atomic mass is 9.88. The lowest BCUT2D eigenvalue weighted by molar-refractivity contribution is 0.0632. The number of piperidine rings is 1. The summed E-state index contributed by atoms with van der Waals surface area (Å²) in [5.74, 6) is 0.552. The molecule has 6 nitrogen and oxygen atoms in total. The van der Waals surface area contributed by atoms with Crippen LogP contribution in [-0.4, -0.2) is 46.2 Å². The number of imidazole rings is 1. The van der Waals surface area contributed by atoms with Crippen molar-refractivity contribution in [2.45, 2.75) is 19.8 Å². The molecule has 3 heterocycles. The summed E-state index contributed by atoms with van der Waals surface area (Å²) in [6.45, 7) is 3.02. The first-order valence-electron chi connectivity index (χ1n) is 8.97. The minimum absolute atomic E-state index is 0.0958. The zero-order valence-electron chi connectivity index (χ0n) is 15.3. The molecule has 0 spiro atoms. The maximum absolute atomic E-state index is 13.0. The SMILES string of the molecule is COc1ccc(C(=O)[C@@H]2CCCN(C(=O)c3cn4ccsc4n3)C2)c(C)c1. The number of rotatable bonds is 4. The van der Waals surface area contributed by atoms with E-state index >= 15 is 0 Å². The van der Waals surface area contributed by atoms with E-state index in [1.165, 1.54) is 11.3 Å². The number of benzene rings is 1. The third-order valence-electron chi connectivity index (χ3n) is 5.09. The lowest BCUT2D eigenvalue weighted by Gasteiger charge is -2.31. The van der Waals surface area contributed by atoms with Gasteiger partial charge in [-0.15, -0.1) is 11.3 Å². The summed E-state index contributed by atoms with van der Waals surface area (Å²) in [5.41, 5.74) is 2.05. The lowest BCUT2D eigenvalue weighted by Crippen LogP contribution is -2.42. The molecule has 0 saturated carbocycles. The first-order chi connectivity index (χ1) is 13.1. The van der Waals surface area contributed by atoms with Crippen molar-refractivity contribution >= 4 is 28.0 Å². The van der Waals surface area contributed by atoms with Gasteiger partial charge in [-0.2, -0.15) is 0 Å². The van der Waals surface area contributed by atoms with Crippen LogP contribution in [0.15, 0.2) is 36.0 Å². The Hall–Kier alpha value is -2.67. The van der Waals surface area contributed by atoms with Crippen molar-refractivity contribution in [2.75, 3.05) is 20.2 Å². The molecule has 0 unspecified atom stereocenters. The van der Waals surface area contributed by atoms with Gasteiger partial charge in [0.2, 0.25) is 0 Å². The Morgan fingerprint density at radius 3 is 2.93 bits per heavy atom. The number of Topliss-reactive ketones (excluding diaryl/α,β-unsaturated/α-hetero) is 1. The third-order valence-corrected chi connectivity index (χ3v) is 5.86. The number of amides is 1. The predicted octanol–water partition coefficient (Wildman–Crippen LogP) is 3.45. The number of ether oxygens (including phenoxy) is 1. The zero-order valence-corrected chi connectivity index (χ0v) is 16.2. The summed E-state index contributed by atoms with van der Waals surface area (Å²) >= 11 is 1.50. The van der Waals surface area contributed by atoms with E-state index in [4.69, 9.17) is 4.74 Å². The smallest absolute Gasteiger partial charge is 0.274 e. The number of hydrogen-bond acceptors (Lipinski definition) is 5. The molecule has 1 atom stereocenters. The van der Waals surface area contributed by atoms with Crippen LogP contribution in [0.2, 0.25) is 0 Å². The highest BCUT2D eigenvalue weighted by atomic mass is 32.1. The number of ketones is 1. The van der Waals surface area contributed by atoms with Crippen molar-refractivity contribution in [3.63, 3.8) is 0 Å². The quantitative estimate of drug-likeness (QED) is 0.648. The number of carbonyl (C=O) groups excluding carboxylic acids is 2. The summed E-state index contributed by atoms with van der Waals surface area (Å²) < 4.78 is 7.07. The van der Waals surface area contributed by atoms with Crippen LogP contribution < -0.4 is 4.74 Å². The van der Waals surface area contributed by atoms with Crippen LogP contribution in [0.25, 0.3) is 4.96 Å². The standard InChI is InChI=1S/C20H21N3O3S/c1-13-10-15(26-2)5-6-16(13)18(24)14-4-3-7-22(11-14)19(25)17-12-23-8-9-27-20(23)21-17/h5-6,8-10,12,14H,3-4,7,11H2,1-2H3/t14-/m1/s1. The van der Waals surface area contributed by atoms with Gasteiger partial charge in [-0.25, -0.2) is 4.98 Å². The fraction of sp³-hybridized carbons (Fsp3) is 0.350. The molecule has 1 fully saturated rings. The van der Waals surface area contributed by atoms with Crippen LogP contribution in [0.4, 0.5) is 0 Å². The average Bonchev–Trinajstić information content (AvgIpc) is 3.29. The molecule has 140 valence electrons. The van der Waals surface area contributed by atoms with Crippen molar-refractivity contribution in [3.8, 4) is 5.75 Å². The number of hydrogen-bond donors (Lipinski definition) is 0. The summed E-state index contributed by atoms with van der Waals surface area (Å²) in [7, 11) is 1.61. The summed E-state index contributed by atoms with van der Waals surface area (Å²) in [6, 6.07) is 5.50. The summed E-state index contributed by atoms with van der Waals surface area (Å²) in [5, 5.41) is 1.93.